The molecular weight excluding hydrogens is 1350 g/mol. The molecule has 0 radical (unpaired) electrons. The second kappa shape index (κ2) is 75.6. The number of allylic oxidation sites excluding steroid dienone is 28. The number of phosphoric acid groups is 2. The third-order valence-electron chi connectivity index (χ3n) is 15.7. The predicted octanol–water partition coefficient (Wildman–Crippen LogP) is 23.0. The summed E-state index contributed by atoms with van der Waals surface area (Å²) in [5.74, 6) is -2.36. The number of carbonyl (C=O) groups is 4. The summed E-state index contributed by atoms with van der Waals surface area (Å²) < 4.78 is 68.4. The minimum atomic E-state index is -5.02. The molecule has 3 N–H and O–H groups in total. The summed E-state index contributed by atoms with van der Waals surface area (Å²) in [6, 6.07) is 0. The highest BCUT2D eigenvalue weighted by Gasteiger charge is 2.30. The van der Waals surface area contributed by atoms with Crippen LogP contribution in [0.25, 0.3) is 0 Å². The van der Waals surface area contributed by atoms with Gasteiger partial charge in [-0.2, -0.15) is 0 Å². The van der Waals surface area contributed by atoms with Crippen molar-refractivity contribution in [2.24, 2.45) is 0 Å². The third-order valence-corrected chi connectivity index (χ3v) is 17.6. The number of rotatable bonds is 72. The van der Waals surface area contributed by atoms with Crippen LogP contribution in [0.3, 0.4) is 0 Å². The van der Waals surface area contributed by atoms with Gasteiger partial charge in [0.1, 0.15) is 19.3 Å². The van der Waals surface area contributed by atoms with E-state index in [0.29, 0.717) is 38.5 Å². The Labute approximate surface area is 629 Å². The van der Waals surface area contributed by atoms with E-state index < -0.39 is 97.5 Å². The summed E-state index contributed by atoms with van der Waals surface area (Å²) in [6.45, 7) is 4.35. The number of esters is 4. The molecule has 0 saturated carbocycles. The second-order valence-electron chi connectivity index (χ2n) is 25.5. The molecular formula is C85H138O17P2. The molecule has 0 fully saturated rings. The number of aliphatic hydroxyl groups excluding tert-OH is 1. The van der Waals surface area contributed by atoms with Gasteiger partial charge in [-0.15, -0.1) is 0 Å². The number of hydrogen-bond acceptors (Lipinski definition) is 15. The summed E-state index contributed by atoms with van der Waals surface area (Å²) in [5, 5.41) is 10.6. The summed E-state index contributed by atoms with van der Waals surface area (Å²) in [5.41, 5.74) is 0. The molecule has 0 aromatic rings. The number of hydrogen-bond donors (Lipinski definition) is 3. The maximum absolute atomic E-state index is 13.1. The molecule has 5 unspecified atom stereocenters. The van der Waals surface area contributed by atoms with Crippen LogP contribution in [0, 0.1) is 0 Å². The summed E-state index contributed by atoms with van der Waals surface area (Å²) in [6.07, 6.45) is 89.4. The minimum absolute atomic E-state index is 0.00514. The number of unbranched alkanes of at least 4 members (excludes halogenated alkanes) is 18. The SMILES string of the molecule is CC/C=C\C/C=C\C/C=C\C/C=C\C/C=C\C/C=C\CCC(=O)OCC(COP(=O)(O)OCC(O)COP(=O)(O)OCC(COC(=O)CCCCCCCCC/C=C\C/C=C\C/C=C\CC)OC(=O)CCCCCCCCCCCCC)OC(=O)CCC/C=C\C/C=C\C/C=C\C/C=C\C/C=C\CC. The lowest BCUT2D eigenvalue weighted by molar-refractivity contribution is -0.161. The van der Waals surface area contributed by atoms with Gasteiger partial charge < -0.3 is 33.8 Å². The Morgan fingerprint density at radius 2 is 0.529 bits per heavy atom. The summed E-state index contributed by atoms with van der Waals surface area (Å²) in [7, 11) is -10.0. The summed E-state index contributed by atoms with van der Waals surface area (Å²) in [4.78, 5) is 72.9. The van der Waals surface area contributed by atoms with E-state index >= 15 is 0 Å². The van der Waals surface area contributed by atoms with E-state index in [-0.39, 0.29) is 25.7 Å². The van der Waals surface area contributed by atoms with E-state index in [1.165, 1.54) is 38.5 Å². The van der Waals surface area contributed by atoms with E-state index in [0.717, 1.165) is 154 Å². The van der Waals surface area contributed by atoms with Gasteiger partial charge in [0.25, 0.3) is 0 Å². The van der Waals surface area contributed by atoms with Gasteiger partial charge in [0.2, 0.25) is 0 Å². The van der Waals surface area contributed by atoms with Crippen LogP contribution in [0.2, 0.25) is 0 Å². The number of aliphatic hydroxyl groups is 1. The van der Waals surface area contributed by atoms with Gasteiger partial charge in [-0.3, -0.25) is 37.3 Å². The Kier molecular flexibility index (Phi) is 71.6. The predicted molar refractivity (Wildman–Crippen MR) is 426 cm³/mol. The normalized spacial score (nSPS) is 14.8. The van der Waals surface area contributed by atoms with Crippen LogP contribution in [-0.4, -0.2) is 96.7 Å². The van der Waals surface area contributed by atoms with Gasteiger partial charge in [-0.25, -0.2) is 9.13 Å². The van der Waals surface area contributed by atoms with Crippen LogP contribution in [0.4, 0.5) is 0 Å². The fourth-order valence-electron chi connectivity index (χ4n) is 9.82. The molecule has 0 amide bonds. The molecule has 590 valence electrons. The zero-order chi connectivity index (χ0) is 76.0. The van der Waals surface area contributed by atoms with Crippen molar-refractivity contribution in [1.82, 2.24) is 0 Å². The Hall–Kier alpha value is -5.58. The van der Waals surface area contributed by atoms with Crippen molar-refractivity contribution in [3.8, 4) is 0 Å². The fraction of sp³-hybridized carbons (Fsp3) is 0.624. The first kappa shape index (κ1) is 98.4. The smallest absolute Gasteiger partial charge is 0.462 e. The van der Waals surface area contributed by atoms with Crippen molar-refractivity contribution in [2.75, 3.05) is 39.6 Å². The van der Waals surface area contributed by atoms with E-state index in [2.05, 4.69) is 167 Å². The quantitative estimate of drug-likeness (QED) is 0.0169. The molecule has 0 aromatic heterocycles. The fourth-order valence-corrected chi connectivity index (χ4v) is 11.4. The highest BCUT2D eigenvalue weighted by Crippen LogP contribution is 2.45. The van der Waals surface area contributed by atoms with Gasteiger partial charge >= 0.3 is 39.5 Å². The highest BCUT2D eigenvalue weighted by molar-refractivity contribution is 7.47. The van der Waals surface area contributed by atoms with Crippen molar-refractivity contribution >= 4 is 39.5 Å². The van der Waals surface area contributed by atoms with Gasteiger partial charge in [0.05, 0.1) is 26.4 Å². The molecule has 0 bridgehead atoms. The van der Waals surface area contributed by atoms with Gasteiger partial charge in [-0.1, -0.05) is 294 Å². The largest absolute Gasteiger partial charge is 0.472 e. The second-order valence-corrected chi connectivity index (χ2v) is 28.4. The Morgan fingerprint density at radius 1 is 0.279 bits per heavy atom. The Morgan fingerprint density at radius 3 is 0.865 bits per heavy atom. The topological polar surface area (TPSA) is 237 Å². The molecule has 0 spiro atoms. The van der Waals surface area contributed by atoms with E-state index in [1.807, 2.05) is 30.4 Å². The first-order valence-electron chi connectivity index (χ1n) is 39.4. The molecule has 5 atom stereocenters. The monoisotopic (exact) mass is 1490 g/mol. The van der Waals surface area contributed by atoms with Crippen molar-refractivity contribution in [1.29, 1.82) is 0 Å². The number of carbonyl (C=O) groups excluding carboxylic acids is 4. The minimum Gasteiger partial charge on any atom is -0.462 e. The molecule has 0 aliphatic rings. The van der Waals surface area contributed by atoms with E-state index in [4.69, 9.17) is 37.0 Å². The highest BCUT2D eigenvalue weighted by atomic mass is 31.2. The molecule has 0 saturated heterocycles. The molecule has 104 heavy (non-hydrogen) atoms. The average Bonchev–Trinajstić information content (AvgIpc) is 0.931. The molecule has 0 rings (SSSR count). The molecule has 0 aromatic carbocycles. The lowest BCUT2D eigenvalue weighted by Crippen LogP contribution is -2.30. The lowest BCUT2D eigenvalue weighted by atomic mass is 10.1. The van der Waals surface area contributed by atoms with Crippen LogP contribution in [0.5, 0.6) is 0 Å². The van der Waals surface area contributed by atoms with Crippen LogP contribution in [0.1, 0.15) is 285 Å². The first-order valence-corrected chi connectivity index (χ1v) is 42.4. The molecule has 0 aliphatic heterocycles. The van der Waals surface area contributed by atoms with Crippen LogP contribution >= 0.6 is 15.6 Å². The average molecular weight is 1490 g/mol. The zero-order valence-corrected chi connectivity index (χ0v) is 66.2. The van der Waals surface area contributed by atoms with E-state index in [1.54, 1.807) is 0 Å². The standard InChI is InChI=1S/C85H138O17P2/c1-5-9-13-17-21-25-29-32-35-38-39-42-44-47-51-54-58-62-66-70-83(88)96-76-81(102-85(90)72-68-64-60-56-52-48-45-41-37-34-31-27-23-19-15-11-7-3)78-100-104(93,94)98-74-79(86)73-97-103(91,92)99-77-80(101-84(89)71-67-63-59-55-49-28-24-20-16-12-8-4)75-95-82(87)69-65-61-57-53-50-46-43-40-36-33-30-26-22-18-14-10-6-2/h9-11,13-15,21-23,25-27,32-37,39,42,45,47-48,51,56,58,60,62,79-81,86H,5-8,12,16-20,24,28-31,38,40-41,43-44,46,49-50,52-55,57,59,61,63-78H2,1-4H3,(H,91,92)(H,93,94)/b13-9-,14-10-,15-11-,25-21-,26-22-,27-23-,35-32-,36-33-,37-34-,42-39-,48-45-,51-47-,60-56-,62-58-. The van der Waals surface area contributed by atoms with Gasteiger partial charge in [0.15, 0.2) is 12.2 Å². The first-order chi connectivity index (χ1) is 50.7. The van der Waals surface area contributed by atoms with Crippen LogP contribution < -0.4 is 0 Å². The maximum atomic E-state index is 13.1. The third kappa shape index (κ3) is 74.7. The maximum Gasteiger partial charge on any atom is 0.472 e. The Balaban J connectivity index is 5.47. The van der Waals surface area contributed by atoms with Crippen LogP contribution in [-0.2, 0) is 65.4 Å². The molecule has 19 heteroatoms. The zero-order valence-electron chi connectivity index (χ0n) is 64.4. The number of ether oxygens (including phenoxy) is 4. The van der Waals surface area contributed by atoms with Crippen molar-refractivity contribution in [2.45, 2.75) is 303 Å². The van der Waals surface area contributed by atoms with Crippen molar-refractivity contribution in [3.05, 3.63) is 170 Å². The molecule has 0 aliphatic carbocycles. The van der Waals surface area contributed by atoms with Crippen molar-refractivity contribution < 1.29 is 80.2 Å². The Bertz CT molecular complexity index is 2640. The van der Waals surface area contributed by atoms with Gasteiger partial charge in [-0.05, 0) is 135 Å². The van der Waals surface area contributed by atoms with Crippen LogP contribution in [0.15, 0.2) is 170 Å². The van der Waals surface area contributed by atoms with E-state index in [9.17, 15) is 43.2 Å². The molecule has 17 nitrogen and oxygen atoms in total. The lowest BCUT2D eigenvalue weighted by Gasteiger charge is -2.21. The summed E-state index contributed by atoms with van der Waals surface area (Å²) >= 11 is 0. The van der Waals surface area contributed by atoms with Crippen molar-refractivity contribution in [3.63, 3.8) is 0 Å². The molecule has 0 heterocycles. The number of phosphoric ester groups is 2. The van der Waals surface area contributed by atoms with Gasteiger partial charge in [0, 0.05) is 25.7 Å².